The summed E-state index contributed by atoms with van der Waals surface area (Å²) in [6, 6.07) is 13.6. The molecule has 28 heavy (non-hydrogen) atoms. The van der Waals surface area contributed by atoms with Crippen molar-refractivity contribution in [1.29, 1.82) is 0 Å². The second-order valence-electron chi connectivity index (χ2n) is 6.45. The van der Waals surface area contributed by atoms with E-state index >= 15 is 0 Å². The third-order valence-corrected chi connectivity index (χ3v) is 4.13. The zero-order valence-electron chi connectivity index (χ0n) is 16.5. The van der Waals surface area contributed by atoms with Crippen molar-refractivity contribution in [2.24, 2.45) is 5.10 Å². The van der Waals surface area contributed by atoms with E-state index in [1.807, 2.05) is 6.07 Å². The van der Waals surface area contributed by atoms with Gasteiger partial charge < -0.3 is 4.74 Å². The number of para-hydroxylation sites is 1. The molecule has 0 aromatic heterocycles. The van der Waals surface area contributed by atoms with Gasteiger partial charge in [0.1, 0.15) is 11.6 Å². The molecule has 0 fully saturated rings. The van der Waals surface area contributed by atoms with Crippen molar-refractivity contribution in [3.63, 3.8) is 0 Å². The maximum absolute atomic E-state index is 13.6. The number of nitrogens with one attached hydrogen (secondary N) is 1. The van der Waals surface area contributed by atoms with Gasteiger partial charge in [0.05, 0.1) is 17.9 Å². The van der Waals surface area contributed by atoms with Crippen LogP contribution >= 0.6 is 0 Å². The summed E-state index contributed by atoms with van der Waals surface area (Å²) in [7, 11) is 0. The smallest absolute Gasteiger partial charge is 0.275 e. The maximum Gasteiger partial charge on any atom is 0.275 e. The van der Waals surface area contributed by atoms with Crippen LogP contribution in [0.1, 0.15) is 55.5 Å². The van der Waals surface area contributed by atoms with Gasteiger partial charge in [-0.15, -0.1) is 0 Å². The summed E-state index contributed by atoms with van der Waals surface area (Å²) in [5.41, 5.74) is 3.98. The summed E-state index contributed by atoms with van der Waals surface area (Å²) in [5.74, 6) is -0.102. The van der Waals surface area contributed by atoms with Crippen LogP contribution in [-0.2, 0) is 0 Å². The van der Waals surface area contributed by atoms with Gasteiger partial charge in [0.15, 0.2) is 0 Å². The van der Waals surface area contributed by atoms with Gasteiger partial charge in [-0.3, -0.25) is 4.79 Å². The first kappa shape index (κ1) is 21.4. The van der Waals surface area contributed by atoms with Crippen molar-refractivity contribution < 1.29 is 13.9 Å². The van der Waals surface area contributed by atoms with E-state index in [0.717, 1.165) is 12.8 Å². The summed E-state index contributed by atoms with van der Waals surface area (Å²) >= 11 is 0. The Kier molecular flexibility index (Phi) is 8.92. The Morgan fingerprint density at radius 1 is 1.11 bits per heavy atom. The molecule has 0 unspecified atom stereocenters. The molecular formula is C23H27FN2O2. The number of hydrogen-bond donors (Lipinski definition) is 1. The predicted molar refractivity (Wildman–Crippen MR) is 112 cm³/mol. The summed E-state index contributed by atoms with van der Waals surface area (Å²) in [6.07, 6.45) is 7.69. The average molecular weight is 382 g/mol. The van der Waals surface area contributed by atoms with E-state index in [2.05, 4.69) is 17.5 Å². The maximum atomic E-state index is 13.6. The molecule has 2 rings (SSSR count). The average Bonchev–Trinajstić information content (AvgIpc) is 2.71. The topological polar surface area (TPSA) is 50.7 Å². The molecular weight excluding hydrogens is 355 g/mol. The van der Waals surface area contributed by atoms with Crippen molar-refractivity contribution in [3.8, 4) is 5.75 Å². The van der Waals surface area contributed by atoms with Gasteiger partial charge >= 0.3 is 0 Å². The molecule has 148 valence electrons. The third kappa shape index (κ3) is 6.99. The largest absolute Gasteiger partial charge is 0.493 e. The van der Waals surface area contributed by atoms with Gasteiger partial charge in [-0.1, -0.05) is 62.6 Å². The second kappa shape index (κ2) is 11.7. The van der Waals surface area contributed by atoms with Crippen LogP contribution in [0.15, 0.2) is 59.7 Å². The van der Waals surface area contributed by atoms with Crippen LogP contribution in [-0.4, -0.2) is 18.2 Å². The lowest BCUT2D eigenvalue weighted by Gasteiger charge is -2.10. The summed E-state index contributed by atoms with van der Waals surface area (Å²) < 4.78 is 19.4. The number of hydrazone groups is 1. The van der Waals surface area contributed by atoms with E-state index in [9.17, 15) is 9.18 Å². The minimum Gasteiger partial charge on any atom is -0.493 e. The Balaban J connectivity index is 1.95. The minimum absolute atomic E-state index is 0.305. The third-order valence-electron chi connectivity index (χ3n) is 4.13. The minimum atomic E-state index is -0.345. The van der Waals surface area contributed by atoms with E-state index < -0.39 is 0 Å². The number of ether oxygens (including phenoxy) is 1. The predicted octanol–water partition coefficient (Wildman–Crippen LogP) is 5.60. The quantitative estimate of drug-likeness (QED) is 0.330. The van der Waals surface area contributed by atoms with Crippen LogP contribution in [0.25, 0.3) is 6.08 Å². The molecule has 5 heteroatoms. The van der Waals surface area contributed by atoms with Crippen LogP contribution in [0.3, 0.4) is 0 Å². The molecule has 0 aliphatic rings. The molecule has 0 aliphatic heterocycles. The number of unbranched alkanes of at least 4 members (excludes halogenated alkanes) is 3. The van der Waals surface area contributed by atoms with Crippen LogP contribution in [0.4, 0.5) is 4.39 Å². The first-order valence-electron chi connectivity index (χ1n) is 9.61. The molecule has 2 aromatic rings. The molecule has 1 N–H and O–H groups in total. The Hall–Kier alpha value is -2.95. The molecule has 0 atom stereocenters. The van der Waals surface area contributed by atoms with Crippen molar-refractivity contribution in [3.05, 3.63) is 71.6 Å². The monoisotopic (exact) mass is 382 g/mol. The number of allylic oxidation sites excluding steroid dienone is 1. The van der Waals surface area contributed by atoms with E-state index in [1.54, 1.807) is 55.5 Å². The van der Waals surface area contributed by atoms with Crippen LogP contribution in [0.2, 0.25) is 0 Å². The Morgan fingerprint density at radius 2 is 1.86 bits per heavy atom. The zero-order valence-corrected chi connectivity index (χ0v) is 16.5. The highest BCUT2D eigenvalue weighted by atomic mass is 19.1. The fourth-order valence-electron chi connectivity index (χ4n) is 2.55. The summed E-state index contributed by atoms with van der Waals surface area (Å²) in [4.78, 5) is 12.5. The van der Waals surface area contributed by atoms with Gasteiger partial charge in [-0.25, -0.2) is 9.82 Å². The molecule has 1 amide bonds. The lowest BCUT2D eigenvalue weighted by Crippen LogP contribution is -2.19. The van der Waals surface area contributed by atoms with Gasteiger partial charge in [-0.05, 0) is 37.6 Å². The normalized spacial score (nSPS) is 11.6. The first-order chi connectivity index (χ1) is 13.6. The van der Waals surface area contributed by atoms with Gasteiger partial charge in [0.25, 0.3) is 5.91 Å². The summed E-state index contributed by atoms with van der Waals surface area (Å²) in [5, 5.41) is 4.06. The number of halogens is 1. The Labute approximate surface area is 166 Å². The number of rotatable bonds is 10. The number of amides is 1. The van der Waals surface area contributed by atoms with E-state index in [0.29, 0.717) is 29.2 Å². The van der Waals surface area contributed by atoms with Gasteiger partial charge in [0, 0.05) is 5.56 Å². The number of carbonyl (C=O) groups excluding carboxylic acids is 1. The molecule has 0 bridgehead atoms. The fourth-order valence-corrected chi connectivity index (χ4v) is 2.55. The number of hydrogen-bond acceptors (Lipinski definition) is 3. The van der Waals surface area contributed by atoms with Crippen molar-refractivity contribution in [1.82, 2.24) is 5.43 Å². The van der Waals surface area contributed by atoms with E-state index in [1.165, 1.54) is 18.9 Å². The van der Waals surface area contributed by atoms with Crippen LogP contribution in [0.5, 0.6) is 5.75 Å². The van der Waals surface area contributed by atoms with Crippen molar-refractivity contribution >= 4 is 17.7 Å². The highest BCUT2D eigenvalue weighted by Gasteiger charge is 2.11. The Bertz CT molecular complexity index is 831. The standard InChI is InChI=1S/C23H27FN2O2/c1-3-4-5-10-17-28-22-14-9-7-12-20(22)23(27)26-25-18(2)15-16-19-11-6-8-13-21(19)24/h6-9,11-16H,3-5,10,17H2,1-2H3,(H,26,27)/b16-15+,25-18+. The first-order valence-corrected chi connectivity index (χ1v) is 9.61. The molecule has 0 aliphatic carbocycles. The zero-order chi connectivity index (χ0) is 20.2. The molecule has 0 saturated heterocycles. The lowest BCUT2D eigenvalue weighted by molar-refractivity contribution is 0.0950. The van der Waals surface area contributed by atoms with Crippen molar-refractivity contribution in [2.45, 2.75) is 39.5 Å². The van der Waals surface area contributed by atoms with Crippen LogP contribution in [0, 0.1) is 5.82 Å². The van der Waals surface area contributed by atoms with Gasteiger partial charge in [-0.2, -0.15) is 5.10 Å². The molecule has 0 radical (unpaired) electrons. The second-order valence-corrected chi connectivity index (χ2v) is 6.45. The molecule has 2 aromatic carbocycles. The van der Waals surface area contributed by atoms with E-state index in [4.69, 9.17) is 4.74 Å². The highest BCUT2D eigenvalue weighted by Crippen LogP contribution is 2.18. The molecule has 0 heterocycles. The fraction of sp³-hybridized carbons (Fsp3) is 0.304. The number of carbonyl (C=O) groups is 1. The van der Waals surface area contributed by atoms with Crippen molar-refractivity contribution in [2.75, 3.05) is 6.61 Å². The molecule has 0 spiro atoms. The number of nitrogens with zero attached hydrogens (tertiary/aromatic N) is 1. The highest BCUT2D eigenvalue weighted by molar-refractivity contribution is 6.00. The molecule has 0 saturated carbocycles. The summed E-state index contributed by atoms with van der Waals surface area (Å²) in [6.45, 7) is 4.47. The number of benzene rings is 2. The SMILES string of the molecule is CCCCCCOc1ccccc1C(=O)N/N=C(C)/C=C/c1ccccc1F. The molecule has 4 nitrogen and oxygen atoms in total. The van der Waals surface area contributed by atoms with Gasteiger partial charge in [0.2, 0.25) is 0 Å². The van der Waals surface area contributed by atoms with E-state index in [-0.39, 0.29) is 11.7 Å². The Morgan fingerprint density at radius 3 is 2.64 bits per heavy atom. The van der Waals surface area contributed by atoms with Crippen LogP contribution < -0.4 is 10.2 Å². The lowest BCUT2D eigenvalue weighted by atomic mass is 10.2.